The highest BCUT2D eigenvalue weighted by molar-refractivity contribution is 5.33. The third-order valence-corrected chi connectivity index (χ3v) is 5.33. The van der Waals surface area contributed by atoms with Crippen molar-refractivity contribution in [3.63, 3.8) is 0 Å². The molecule has 1 saturated heterocycles. The highest BCUT2D eigenvalue weighted by Gasteiger charge is 2.29. The number of nitrogens with one attached hydrogen (secondary N) is 1. The Kier molecular flexibility index (Phi) is 4.16. The van der Waals surface area contributed by atoms with E-state index in [1.165, 1.54) is 37.7 Å². The molecule has 2 fully saturated rings. The highest BCUT2D eigenvalue weighted by atomic mass is 15.3. The number of hydrogen-bond donors (Lipinski definition) is 1. The van der Waals surface area contributed by atoms with Crippen LogP contribution < -0.4 is 10.2 Å². The predicted octanol–water partition coefficient (Wildman–Crippen LogP) is 3.05. The lowest BCUT2D eigenvalue weighted by Gasteiger charge is -2.39. The Hall–Kier alpha value is -1.16. The Labute approximate surface area is 128 Å². The fraction of sp³-hybridized carbons (Fsp3) is 0.765. The number of piperidine rings is 1. The topological polar surface area (TPSA) is 41.1 Å². The maximum absolute atomic E-state index is 4.74. The molecule has 1 aliphatic heterocycles. The standard InChI is InChI=1S/C17H28N4/c1-4-17(3)7-9-21(10-8-17)16-19-12-14(13(2)20-16)11-18-15-5-6-15/h12,15,18H,4-11H2,1-3H3. The molecule has 0 radical (unpaired) electrons. The van der Waals surface area contributed by atoms with Crippen LogP contribution in [-0.4, -0.2) is 29.1 Å². The maximum Gasteiger partial charge on any atom is 0.225 e. The largest absolute Gasteiger partial charge is 0.341 e. The van der Waals surface area contributed by atoms with E-state index < -0.39 is 0 Å². The van der Waals surface area contributed by atoms with Gasteiger partial charge in [0.2, 0.25) is 5.95 Å². The molecular weight excluding hydrogens is 260 g/mol. The molecule has 1 aliphatic carbocycles. The molecule has 3 rings (SSSR count). The Morgan fingerprint density at radius 3 is 2.62 bits per heavy atom. The van der Waals surface area contributed by atoms with Crippen molar-refractivity contribution in [2.24, 2.45) is 5.41 Å². The number of nitrogens with zero attached hydrogens (tertiary/aromatic N) is 3. The van der Waals surface area contributed by atoms with E-state index in [2.05, 4.69) is 36.0 Å². The van der Waals surface area contributed by atoms with Gasteiger partial charge in [0.05, 0.1) is 0 Å². The van der Waals surface area contributed by atoms with Gasteiger partial charge in [-0.1, -0.05) is 20.3 Å². The van der Waals surface area contributed by atoms with Crippen LogP contribution in [0.1, 0.15) is 57.2 Å². The second-order valence-corrected chi connectivity index (χ2v) is 7.09. The third kappa shape index (κ3) is 3.54. The van der Waals surface area contributed by atoms with Gasteiger partial charge in [-0.15, -0.1) is 0 Å². The van der Waals surface area contributed by atoms with E-state index in [4.69, 9.17) is 4.98 Å². The van der Waals surface area contributed by atoms with Crippen molar-refractivity contribution in [2.75, 3.05) is 18.0 Å². The summed E-state index contributed by atoms with van der Waals surface area (Å²) >= 11 is 0. The van der Waals surface area contributed by atoms with Crippen LogP contribution in [0.4, 0.5) is 5.95 Å². The van der Waals surface area contributed by atoms with Crippen LogP contribution in [0.15, 0.2) is 6.20 Å². The van der Waals surface area contributed by atoms with Gasteiger partial charge in [0.1, 0.15) is 0 Å². The van der Waals surface area contributed by atoms with Gasteiger partial charge >= 0.3 is 0 Å². The van der Waals surface area contributed by atoms with Gasteiger partial charge in [0.25, 0.3) is 0 Å². The summed E-state index contributed by atoms with van der Waals surface area (Å²) in [6, 6.07) is 0.734. The lowest BCUT2D eigenvalue weighted by molar-refractivity contribution is 0.237. The molecule has 0 spiro atoms. The van der Waals surface area contributed by atoms with Gasteiger partial charge in [-0.25, -0.2) is 9.97 Å². The molecular formula is C17H28N4. The molecule has 0 unspecified atom stereocenters. The predicted molar refractivity (Wildman–Crippen MR) is 86.5 cm³/mol. The number of rotatable bonds is 5. The summed E-state index contributed by atoms with van der Waals surface area (Å²) in [5, 5.41) is 3.54. The summed E-state index contributed by atoms with van der Waals surface area (Å²) in [6.45, 7) is 9.90. The van der Waals surface area contributed by atoms with Crippen LogP contribution >= 0.6 is 0 Å². The molecule has 0 amide bonds. The van der Waals surface area contributed by atoms with Crippen molar-refractivity contribution < 1.29 is 0 Å². The van der Waals surface area contributed by atoms with Gasteiger partial charge in [-0.3, -0.25) is 0 Å². The van der Waals surface area contributed by atoms with E-state index >= 15 is 0 Å². The second kappa shape index (κ2) is 5.91. The molecule has 21 heavy (non-hydrogen) atoms. The zero-order valence-electron chi connectivity index (χ0n) is 13.7. The van der Waals surface area contributed by atoms with Gasteiger partial charge < -0.3 is 10.2 Å². The van der Waals surface area contributed by atoms with E-state index in [1.54, 1.807) is 0 Å². The minimum atomic E-state index is 0.514. The quantitative estimate of drug-likeness (QED) is 0.904. The zero-order chi connectivity index (χ0) is 14.9. The van der Waals surface area contributed by atoms with Crippen LogP contribution in [0.2, 0.25) is 0 Å². The number of anilines is 1. The first-order chi connectivity index (χ1) is 10.1. The van der Waals surface area contributed by atoms with Crippen LogP contribution in [0.25, 0.3) is 0 Å². The molecule has 116 valence electrons. The van der Waals surface area contributed by atoms with Crippen molar-refractivity contribution >= 4 is 5.95 Å². The van der Waals surface area contributed by atoms with E-state index in [0.717, 1.165) is 37.3 Å². The lowest BCUT2D eigenvalue weighted by atomic mass is 9.78. The van der Waals surface area contributed by atoms with Gasteiger partial charge in [-0.05, 0) is 38.0 Å². The van der Waals surface area contributed by atoms with E-state index in [-0.39, 0.29) is 0 Å². The zero-order valence-corrected chi connectivity index (χ0v) is 13.7. The van der Waals surface area contributed by atoms with Crippen LogP contribution in [0, 0.1) is 12.3 Å². The van der Waals surface area contributed by atoms with Crippen molar-refractivity contribution in [2.45, 2.75) is 65.5 Å². The molecule has 2 aliphatic rings. The monoisotopic (exact) mass is 288 g/mol. The average Bonchev–Trinajstić information content (AvgIpc) is 3.31. The fourth-order valence-corrected chi connectivity index (χ4v) is 2.95. The molecule has 2 heterocycles. The van der Waals surface area contributed by atoms with Crippen molar-refractivity contribution in [3.8, 4) is 0 Å². The normalized spacial score (nSPS) is 21.6. The number of hydrogen-bond acceptors (Lipinski definition) is 4. The average molecular weight is 288 g/mol. The van der Waals surface area contributed by atoms with E-state index in [1.807, 2.05) is 6.20 Å². The maximum atomic E-state index is 4.74. The first-order valence-electron chi connectivity index (χ1n) is 8.40. The summed E-state index contributed by atoms with van der Waals surface area (Å²) in [5.41, 5.74) is 2.87. The molecule has 1 aromatic heterocycles. The summed E-state index contributed by atoms with van der Waals surface area (Å²) in [5.74, 6) is 0.917. The minimum absolute atomic E-state index is 0.514. The van der Waals surface area contributed by atoms with Gasteiger partial charge in [0, 0.05) is 43.1 Å². The molecule has 4 heteroatoms. The molecule has 0 bridgehead atoms. The van der Waals surface area contributed by atoms with Crippen LogP contribution in [0.3, 0.4) is 0 Å². The Morgan fingerprint density at radius 1 is 1.33 bits per heavy atom. The van der Waals surface area contributed by atoms with E-state index in [0.29, 0.717) is 5.41 Å². The highest BCUT2D eigenvalue weighted by Crippen LogP contribution is 2.34. The summed E-state index contributed by atoms with van der Waals surface area (Å²) in [6.07, 6.45) is 8.42. The molecule has 0 aromatic carbocycles. The van der Waals surface area contributed by atoms with E-state index in [9.17, 15) is 0 Å². The SMILES string of the molecule is CCC1(C)CCN(c2ncc(CNC3CC3)c(C)n2)CC1. The molecule has 1 saturated carbocycles. The second-order valence-electron chi connectivity index (χ2n) is 7.09. The summed E-state index contributed by atoms with van der Waals surface area (Å²) < 4.78 is 0. The Balaban J connectivity index is 1.62. The molecule has 4 nitrogen and oxygen atoms in total. The third-order valence-electron chi connectivity index (χ3n) is 5.33. The lowest BCUT2D eigenvalue weighted by Crippen LogP contribution is -2.39. The molecule has 0 atom stereocenters. The molecule has 1 aromatic rings. The van der Waals surface area contributed by atoms with Gasteiger partial charge in [-0.2, -0.15) is 0 Å². The summed E-state index contributed by atoms with van der Waals surface area (Å²) in [4.78, 5) is 11.7. The number of aromatic nitrogens is 2. The summed E-state index contributed by atoms with van der Waals surface area (Å²) in [7, 11) is 0. The van der Waals surface area contributed by atoms with Crippen LogP contribution in [-0.2, 0) is 6.54 Å². The minimum Gasteiger partial charge on any atom is -0.341 e. The smallest absolute Gasteiger partial charge is 0.225 e. The first kappa shape index (κ1) is 14.8. The van der Waals surface area contributed by atoms with Gasteiger partial charge in [0.15, 0.2) is 0 Å². The fourth-order valence-electron chi connectivity index (χ4n) is 2.95. The number of aryl methyl sites for hydroxylation is 1. The Morgan fingerprint density at radius 2 is 2.05 bits per heavy atom. The van der Waals surface area contributed by atoms with Crippen molar-refractivity contribution in [3.05, 3.63) is 17.5 Å². The molecule has 1 N–H and O–H groups in total. The van der Waals surface area contributed by atoms with Crippen molar-refractivity contribution in [1.29, 1.82) is 0 Å². The van der Waals surface area contributed by atoms with Crippen LogP contribution in [0.5, 0.6) is 0 Å². The Bertz CT molecular complexity index is 488. The first-order valence-corrected chi connectivity index (χ1v) is 8.40. The van der Waals surface area contributed by atoms with Crippen molar-refractivity contribution in [1.82, 2.24) is 15.3 Å².